The van der Waals surface area contributed by atoms with Crippen molar-refractivity contribution < 1.29 is 33.3 Å². The first-order chi connectivity index (χ1) is 14.6. The first kappa shape index (κ1) is 22.9. The number of aliphatic hydroxyl groups is 3. The zero-order valence-corrected chi connectivity index (χ0v) is 16.7. The number of hydrogen-bond acceptors (Lipinski definition) is 7. The molecule has 2 heterocycles. The second kappa shape index (κ2) is 8.77. The van der Waals surface area contributed by atoms with Gasteiger partial charge in [0.25, 0.3) is 5.91 Å². The number of anilines is 1. The van der Waals surface area contributed by atoms with Crippen LogP contribution >= 0.6 is 0 Å². The fourth-order valence-corrected chi connectivity index (χ4v) is 3.04. The molecule has 0 bridgehead atoms. The third-order valence-electron chi connectivity index (χ3n) is 5.31. The van der Waals surface area contributed by atoms with Crippen molar-refractivity contribution in [1.82, 2.24) is 15.3 Å². The molecule has 0 saturated carbocycles. The molecule has 168 valence electrons. The maximum Gasteiger partial charge on any atom is 0.433 e. The van der Waals surface area contributed by atoms with Crippen LogP contribution in [-0.4, -0.2) is 69.1 Å². The average molecular weight is 440 g/mol. The highest BCUT2D eigenvalue weighted by molar-refractivity contribution is 5.95. The Kier molecular flexibility index (Phi) is 6.48. The van der Waals surface area contributed by atoms with E-state index in [1.165, 1.54) is 24.3 Å². The molecule has 0 unspecified atom stereocenters. The van der Waals surface area contributed by atoms with Crippen molar-refractivity contribution in [2.75, 3.05) is 31.3 Å². The Morgan fingerprint density at radius 1 is 1.13 bits per heavy atom. The fraction of sp³-hybridized carbons (Fsp3) is 0.450. The Morgan fingerprint density at radius 3 is 2.19 bits per heavy atom. The lowest BCUT2D eigenvalue weighted by molar-refractivity contribution is -0.141. The van der Waals surface area contributed by atoms with Gasteiger partial charge in [0.05, 0.1) is 25.5 Å². The number of benzene rings is 1. The number of alkyl halides is 3. The lowest BCUT2D eigenvalue weighted by atomic mass is 10.0. The molecule has 1 amide bonds. The summed E-state index contributed by atoms with van der Waals surface area (Å²) in [5.41, 5.74) is -2.08. The monoisotopic (exact) mass is 440 g/mol. The third-order valence-corrected chi connectivity index (χ3v) is 5.31. The number of nitrogens with one attached hydrogen (secondary N) is 1. The van der Waals surface area contributed by atoms with E-state index in [0.717, 1.165) is 12.5 Å². The van der Waals surface area contributed by atoms with E-state index < -0.39 is 43.1 Å². The normalized spacial score (nSPS) is 16.7. The van der Waals surface area contributed by atoms with Crippen molar-refractivity contribution in [2.24, 2.45) is 0 Å². The molecule has 11 heteroatoms. The Balaban J connectivity index is 1.89. The minimum absolute atomic E-state index is 0.00372. The maximum atomic E-state index is 13.4. The quantitative estimate of drug-likeness (QED) is 0.511. The number of rotatable bonds is 7. The molecule has 0 aliphatic carbocycles. The topological polar surface area (TPSA) is 119 Å². The molecular formula is C20H23F3N4O4. The molecule has 1 aliphatic rings. The van der Waals surface area contributed by atoms with Gasteiger partial charge in [-0.25, -0.2) is 9.97 Å². The first-order valence-electron chi connectivity index (χ1n) is 9.61. The minimum atomic E-state index is -4.64. The lowest BCUT2D eigenvalue weighted by Crippen LogP contribution is -2.57. The van der Waals surface area contributed by atoms with E-state index in [-0.39, 0.29) is 23.2 Å². The van der Waals surface area contributed by atoms with Crippen LogP contribution in [0.1, 0.15) is 29.4 Å². The fourth-order valence-electron chi connectivity index (χ4n) is 3.04. The molecule has 1 aromatic carbocycles. The number of carbonyl (C=O) groups is 1. The second-order valence-electron chi connectivity index (χ2n) is 7.55. The summed E-state index contributed by atoms with van der Waals surface area (Å²) in [4.78, 5) is 22.0. The van der Waals surface area contributed by atoms with Crippen LogP contribution in [-0.2, 0) is 6.18 Å². The van der Waals surface area contributed by atoms with Gasteiger partial charge in [-0.05, 0) is 31.5 Å². The summed E-state index contributed by atoms with van der Waals surface area (Å²) in [6, 6.07) is 6.55. The van der Waals surface area contributed by atoms with E-state index in [1.807, 2.05) is 6.92 Å². The largest absolute Gasteiger partial charge is 0.433 e. The van der Waals surface area contributed by atoms with Crippen LogP contribution in [0.5, 0.6) is 0 Å². The molecule has 0 radical (unpaired) electrons. The Bertz CT molecular complexity index is 925. The van der Waals surface area contributed by atoms with Crippen LogP contribution in [0, 0.1) is 0 Å². The summed E-state index contributed by atoms with van der Waals surface area (Å²) >= 11 is 0. The molecule has 0 spiro atoms. The molecule has 1 fully saturated rings. The predicted octanol–water partition coefficient (Wildman–Crippen LogP) is 1.21. The zero-order chi connectivity index (χ0) is 22.8. The highest BCUT2D eigenvalue weighted by atomic mass is 19.4. The van der Waals surface area contributed by atoms with Crippen LogP contribution in [0.25, 0.3) is 11.3 Å². The highest BCUT2D eigenvalue weighted by Gasteiger charge is 2.36. The van der Waals surface area contributed by atoms with Crippen molar-refractivity contribution in [1.29, 1.82) is 0 Å². The van der Waals surface area contributed by atoms with E-state index in [4.69, 9.17) is 0 Å². The number of aromatic nitrogens is 2. The van der Waals surface area contributed by atoms with Crippen molar-refractivity contribution in [3.8, 4) is 11.3 Å². The smallest absolute Gasteiger partial charge is 0.394 e. The molecule has 3 rings (SSSR count). The summed E-state index contributed by atoms with van der Waals surface area (Å²) in [6.07, 6.45) is -3.79. The van der Waals surface area contributed by atoms with Crippen molar-refractivity contribution in [3.05, 3.63) is 41.6 Å². The molecule has 4 N–H and O–H groups in total. The van der Waals surface area contributed by atoms with Gasteiger partial charge in [-0.1, -0.05) is 12.1 Å². The summed E-state index contributed by atoms with van der Waals surface area (Å²) < 4.78 is 40.1. The average Bonchev–Trinajstić information content (AvgIpc) is 2.75. The van der Waals surface area contributed by atoms with Gasteiger partial charge in [0, 0.05) is 23.7 Å². The van der Waals surface area contributed by atoms with Gasteiger partial charge in [0.1, 0.15) is 5.54 Å². The number of amides is 1. The second-order valence-corrected chi connectivity index (χ2v) is 7.55. The van der Waals surface area contributed by atoms with Gasteiger partial charge in [-0.3, -0.25) is 4.79 Å². The molecule has 2 aromatic rings. The number of halogens is 3. The van der Waals surface area contributed by atoms with Gasteiger partial charge in [0.15, 0.2) is 5.69 Å². The van der Waals surface area contributed by atoms with E-state index in [1.54, 1.807) is 4.90 Å². The zero-order valence-electron chi connectivity index (χ0n) is 16.7. The van der Waals surface area contributed by atoms with E-state index in [9.17, 15) is 33.3 Å². The van der Waals surface area contributed by atoms with Gasteiger partial charge in [0.2, 0.25) is 5.95 Å². The summed E-state index contributed by atoms with van der Waals surface area (Å²) in [5, 5.41) is 30.3. The lowest BCUT2D eigenvalue weighted by Gasteiger charge is -2.39. The summed E-state index contributed by atoms with van der Waals surface area (Å²) in [7, 11) is 0. The molecule has 1 atom stereocenters. The number of nitrogens with zero attached hydrogens (tertiary/aromatic N) is 3. The van der Waals surface area contributed by atoms with E-state index >= 15 is 0 Å². The van der Waals surface area contributed by atoms with Crippen LogP contribution < -0.4 is 10.2 Å². The van der Waals surface area contributed by atoms with Crippen LogP contribution in [0.15, 0.2) is 30.3 Å². The molecule has 8 nitrogen and oxygen atoms in total. The molecule has 1 aromatic heterocycles. The number of hydrogen-bond donors (Lipinski definition) is 4. The van der Waals surface area contributed by atoms with Gasteiger partial charge < -0.3 is 25.5 Å². The van der Waals surface area contributed by atoms with Gasteiger partial charge >= 0.3 is 6.18 Å². The SMILES string of the molecule is C[C@H]1CCN1c1nc(-c2ccc(C(=O)NC(CO)(CO)CO)cc2)cc(C(F)(F)F)n1. The van der Waals surface area contributed by atoms with Crippen LogP contribution in [0.3, 0.4) is 0 Å². The van der Waals surface area contributed by atoms with Crippen LogP contribution in [0.4, 0.5) is 19.1 Å². The minimum Gasteiger partial charge on any atom is -0.394 e. The first-order valence-corrected chi connectivity index (χ1v) is 9.61. The van der Waals surface area contributed by atoms with Crippen molar-refractivity contribution in [2.45, 2.75) is 31.1 Å². The van der Waals surface area contributed by atoms with E-state index in [2.05, 4.69) is 15.3 Å². The van der Waals surface area contributed by atoms with Gasteiger partial charge in [-0.15, -0.1) is 0 Å². The van der Waals surface area contributed by atoms with Crippen molar-refractivity contribution in [3.63, 3.8) is 0 Å². The highest BCUT2D eigenvalue weighted by Crippen LogP contribution is 2.33. The summed E-state index contributed by atoms with van der Waals surface area (Å²) in [5.74, 6) is -0.665. The molecule has 1 saturated heterocycles. The number of aliphatic hydroxyl groups excluding tert-OH is 3. The molecule has 1 aliphatic heterocycles. The predicted molar refractivity (Wildman–Crippen MR) is 105 cm³/mol. The standard InChI is InChI=1S/C20H23F3N4O4/c1-12-6-7-27(12)18-24-15(8-16(25-18)20(21,22)23)13-2-4-14(5-3-13)17(31)26-19(9-28,10-29)11-30/h2-5,8,12,28-30H,6-7,9-11H2,1H3,(H,26,31)/t12-/m0/s1. The Morgan fingerprint density at radius 2 is 1.74 bits per heavy atom. The van der Waals surface area contributed by atoms with E-state index in [0.29, 0.717) is 12.1 Å². The number of carbonyl (C=O) groups excluding carboxylic acids is 1. The van der Waals surface area contributed by atoms with Crippen LogP contribution in [0.2, 0.25) is 0 Å². The van der Waals surface area contributed by atoms with Gasteiger partial charge in [-0.2, -0.15) is 13.2 Å². The molecular weight excluding hydrogens is 417 g/mol. The Hall–Kier alpha value is -2.76. The molecule has 31 heavy (non-hydrogen) atoms. The third kappa shape index (κ3) is 4.78. The maximum absolute atomic E-state index is 13.4. The van der Waals surface area contributed by atoms with Crippen molar-refractivity contribution >= 4 is 11.9 Å². The Labute approximate surface area is 176 Å². The summed E-state index contributed by atoms with van der Waals surface area (Å²) in [6.45, 7) is 0.419.